The van der Waals surface area contributed by atoms with Crippen molar-refractivity contribution < 1.29 is 82.4 Å². The number of unbranched alkanes of at least 4 members (excludes halogenated alkanes) is 3. The van der Waals surface area contributed by atoms with E-state index in [1.54, 1.807) is 27.7 Å². The number of carboxylic acid groups (broad SMARTS) is 3. The Morgan fingerprint density at radius 1 is 0.473 bits per heavy atom. The summed E-state index contributed by atoms with van der Waals surface area (Å²) in [6.45, 7) is 9.65. The van der Waals surface area contributed by atoms with E-state index >= 15 is 0 Å². The molecule has 0 saturated heterocycles. The lowest BCUT2D eigenvalue weighted by atomic mass is 9.97. The zero-order valence-electron chi connectivity index (χ0n) is 52.9. The summed E-state index contributed by atoms with van der Waals surface area (Å²) < 4.78 is 0. The fourth-order valence-electron chi connectivity index (χ4n) is 9.00. The molecule has 0 unspecified atom stereocenters. The predicted molar refractivity (Wildman–Crippen MR) is 328 cm³/mol. The highest BCUT2D eigenvalue weighted by Gasteiger charge is 2.37. The Hall–Kier alpha value is -8.37. The van der Waals surface area contributed by atoms with Gasteiger partial charge in [0.1, 0.15) is 54.4 Å². The standard InChI is InChI=1S/C57H99N17O17/c1-7-32(6)47(54(87)64-28-42(76)72-45(30(2)3)55(88)69-38(19-22-44(79)80)49(82)67-37(18-20-41(62)75)50(83)70-39(57(90)91)16-10-13-25-60)74-52(85)36(15-9-12-24-59)68-56(89)46(31(4)5)73-51(84)35(14-8-11-23-58)66-53(86)40(26-33-27-63-29-65-33)71-48(81)34(61)17-21-43(77)78/h27,29-32,34-40,45-47H,7-26,28,58-61H2,1-6H3,(H2,62,75)(H,63,65)(H,64,87)(H,66,86)(H,67,82)(H,68,89)(H,69,88)(H,70,83)(H,71,81)(H,72,76)(H,73,84)(H,74,85)(H,77,78)(H,79,80)(H,90,91)/t32-,34-,35-,36-,37-,38-,39-,40-,45-,46-,47-/m0/s1. The molecule has 1 aromatic rings. The van der Waals surface area contributed by atoms with Gasteiger partial charge in [-0.05, 0) is 114 Å². The molecular weight excluding hydrogens is 1190 g/mol. The summed E-state index contributed by atoms with van der Waals surface area (Å²) in [6.07, 6.45) is 2.54. The van der Waals surface area contributed by atoms with Crippen LogP contribution in [0.3, 0.4) is 0 Å². The SMILES string of the molecule is CC[C@H](C)[C@H](NC(=O)[C@H](CCCCN)NC(=O)[C@@H](NC(=O)[C@H](CCCCN)NC(=O)[C@H](Cc1cnc[nH]1)NC(=O)[C@@H](N)CCC(=O)O)C(C)C)C(=O)NCC(=O)N[C@H](C(=O)N[C@@H](CCC(=O)O)C(=O)N[C@@H](CCC(N)=O)C(=O)N[C@@H](CCCCN)C(=O)O)C(C)C. The summed E-state index contributed by atoms with van der Waals surface area (Å²) in [6, 6.07) is -14.0. The predicted octanol–water partition coefficient (Wildman–Crippen LogP) is -4.42. The summed E-state index contributed by atoms with van der Waals surface area (Å²) in [5.41, 5.74) is 28.7. The molecule has 0 saturated carbocycles. The zero-order chi connectivity index (χ0) is 68.9. The molecule has 34 heteroatoms. The van der Waals surface area contributed by atoms with Crippen LogP contribution in [0.5, 0.6) is 0 Å². The number of hydrogen-bond donors (Lipinski definition) is 19. The van der Waals surface area contributed by atoms with Gasteiger partial charge < -0.3 is 102 Å². The van der Waals surface area contributed by atoms with E-state index in [0.29, 0.717) is 50.6 Å². The van der Waals surface area contributed by atoms with Gasteiger partial charge in [-0.2, -0.15) is 0 Å². The molecule has 0 aromatic carbocycles. The van der Waals surface area contributed by atoms with Crippen LogP contribution in [0.25, 0.3) is 0 Å². The monoisotopic (exact) mass is 1290 g/mol. The number of amides is 11. The van der Waals surface area contributed by atoms with Crippen LogP contribution in [0.2, 0.25) is 0 Å². The first-order valence-electron chi connectivity index (χ1n) is 30.7. The third-order valence-corrected chi connectivity index (χ3v) is 14.7. The first kappa shape index (κ1) is 80.6. The number of rotatable bonds is 48. The summed E-state index contributed by atoms with van der Waals surface area (Å²) >= 11 is 0. The smallest absolute Gasteiger partial charge is 0.326 e. The number of aliphatic carboxylic acids is 3. The number of nitrogens with two attached hydrogens (primary N) is 5. The normalized spacial score (nSPS) is 14.8. The van der Waals surface area contributed by atoms with Crippen molar-refractivity contribution in [3.05, 3.63) is 18.2 Å². The van der Waals surface area contributed by atoms with E-state index in [9.17, 15) is 77.3 Å². The van der Waals surface area contributed by atoms with Gasteiger partial charge >= 0.3 is 17.9 Å². The molecule has 34 nitrogen and oxygen atoms in total. The molecule has 0 spiro atoms. The van der Waals surface area contributed by atoms with Gasteiger partial charge in [0, 0.05) is 37.6 Å². The van der Waals surface area contributed by atoms with Gasteiger partial charge in [-0.3, -0.25) is 62.3 Å². The molecular formula is C57H99N17O17. The molecule has 0 bridgehead atoms. The number of carbonyl (C=O) groups is 14. The average Bonchev–Trinajstić information content (AvgIpc) is 2.41. The van der Waals surface area contributed by atoms with Crippen molar-refractivity contribution in [2.75, 3.05) is 26.2 Å². The van der Waals surface area contributed by atoms with E-state index in [1.165, 1.54) is 26.4 Å². The summed E-state index contributed by atoms with van der Waals surface area (Å²) in [5.74, 6) is -15.7. The molecule has 91 heavy (non-hydrogen) atoms. The average molecular weight is 1290 g/mol. The van der Waals surface area contributed by atoms with Crippen molar-refractivity contribution in [1.82, 2.24) is 63.1 Å². The van der Waals surface area contributed by atoms with Gasteiger partial charge in [0.25, 0.3) is 0 Å². The Morgan fingerprint density at radius 3 is 1.30 bits per heavy atom. The maximum absolute atomic E-state index is 14.3. The molecule has 24 N–H and O–H groups in total. The highest BCUT2D eigenvalue weighted by Crippen LogP contribution is 2.14. The van der Waals surface area contributed by atoms with Crippen molar-refractivity contribution in [1.29, 1.82) is 0 Å². The minimum atomic E-state index is -1.67. The highest BCUT2D eigenvalue weighted by atomic mass is 16.4. The number of carbonyl (C=O) groups excluding carboxylic acids is 11. The van der Waals surface area contributed by atoms with Gasteiger partial charge in [0.2, 0.25) is 65.0 Å². The number of nitrogens with one attached hydrogen (secondary N) is 11. The molecule has 1 heterocycles. The van der Waals surface area contributed by atoms with Crippen LogP contribution >= 0.6 is 0 Å². The first-order valence-corrected chi connectivity index (χ1v) is 30.7. The minimum absolute atomic E-state index is 0.0117. The van der Waals surface area contributed by atoms with Crippen LogP contribution in [-0.2, 0) is 73.5 Å². The molecule has 0 aliphatic carbocycles. The Balaban J connectivity index is 3.39. The van der Waals surface area contributed by atoms with Crippen molar-refractivity contribution >= 4 is 82.9 Å². The van der Waals surface area contributed by atoms with Crippen molar-refractivity contribution in [2.24, 2.45) is 46.4 Å². The van der Waals surface area contributed by atoms with E-state index in [0.717, 1.165) is 0 Å². The summed E-state index contributed by atoms with van der Waals surface area (Å²) in [7, 11) is 0. The van der Waals surface area contributed by atoms with Gasteiger partial charge in [0.05, 0.1) is 18.9 Å². The van der Waals surface area contributed by atoms with Crippen LogP contribution in [-0.4, -0.2) is 195 Å². The Morgan fingerprint density at radius 2 is 0.868 bits per heavy atom. The lowest BCUT2D eigenvalue weighted by Gasteiger charge is -2.29. The number of nitrogens with zero attached hydrogens (tertiary/aromatic N) is 1. The largest absolute Gasteiger partial charge is 0.481 e. The molecule has 0 fully saturated rings. The van der Waals surface area contributed by atoms with E-state index < -0.39 is 200 Å². The van der Waals surface area contributed by atoms with E-state index in [2.05, 4.69) is 63.1 Å². The lowest BCUT2D eigenvalue weighted by Crippen LogP contribution is -2.61. The molecule has 1 rings (SSSR count). The summed E-state index contributed by atoms with van der Waals surface area (Å²) in [4.78, 5) is 192. The molecule has 0 aliphatic rings. The number of carboxylic acids is 3. The third kappa shape index (κ3) is 31.8. The number of primary amides is 1. The van der Waals surface area contributed by atoms with Crippen LogP contribution in [0, 0.1) is 17.8 Å². The van der Waals surface area contributed by atoms with Crippen molar-refractivity contribution in [3.63, 3.8) is 0 Å². The molecule has 0 aliphatic heterocycles. The number of hydrogen-bond acceptors (Lipinski definition) is 19. The van der Waals surface area contributed by atoms with Crippen LogP contribution in [0.4, 0.5) is 0 Å². The number of H-pyrrole nitrogens is 1. The maximum atomic E-state index is 14.3. The van der Waals surface area contributed by atoms with Crippen LogP contribution in [0.1, 0.15) is 150 Å². The number of imidazole rings is 1. The molecule has 514 valence electrons. The second-order valence-electron chi connectivity index (χ2n) is 22.9. The second kappa shape index (κ2) is 43.4. The minimum Gasteiger partial charge on any atom is -0.481 e. The topological polar surface area (TPSA) is 579 Å². The van der Waals surface area contributed by atoms with Gasteiger partial charge in [-0.15, -0.1) is 0 Å². The number of aromatic nitrogens is 2. The molecule has 1 aromatic heterocycles. The van der Waals surface area contributed by atoms with Crippen molar-refractivity contribution in [2.45, 2.75) is 211 Å². The van der Waals surface area contributed by atoms with Gasteiger partial charge in [-0.25, -0.2) is 9.78 Å². The fraction of sp³-hybridized carbons (Fsp3) is 0.702. The van der Waals surface area contributed by atoms with E-state index in [1.807, 2.05) is 0 Å². The molecule has 11 atom stereocenters. The lowest BCUT2D eigenvalue weighted by molar-refractivity contribution is -0.142. The highest BCUT2D eigenvalue weighted by molar-refractivity contribution is 5.99. The fourth-order valence-corrected chi connectivity index (χ4v) is 9.00. The van der Waals surface area contributed by atoms with Crippen LogP contribution in [0.15, 0.2) is 12.5 Å². The molecule has 11 amide bonds. The van der Waals surface area contributed by atoms with E-state index in [4.69, 9.17) is 33.8 Å². The quantitative estimate of drug-likeness (QED) is 0.0274. The Labute approximate surface area is 528 Å². The maximum Gasteiger partial charge on any atom is 0.326 e. The van der Waals surface area contributed by atoms with Gasteiger partial charge in [-0.1, -0.05) is 48.0 Å². The third-order valence-electron chi connectivity index (χ3n) is 14.7. The Bertz CT molecular complexity index is 2560. The second-order valence-corrected chi connectivity index (χ2v) is 22.9. The first-order chi connectivity index (χ1) is 42.9. The summed E-state index contributed by atoms with van der Waals surface area (Å²) in [5, 5.41) is 53.5. The zero-order valence-corrected chi connectivity index (χ0v) is 52.9. The van der Waals surface area contributed by atoms with Gasteiger partial charge in [0.15, 0.2) is 0 Å². The van der Waals surface area contributed by atoms with E-state index in [-0.39, 0.29) is 51.7 Å². The van der Waals surface area contributed by atoms with Crippen LogP contribution < -0.4 is 81.8 Å². The number of aromatic amines is 1. The van der Waals surface area contributed by atoms with Crippen molar-refractivity contribution in [3.8, 4) is 0 Å². The molecule has 0 radical (unpaired) electrons. The Kier molecular flexibility index (Phi) is 38.4.